The molecule has 0 unspecified atom stereocenters. The molecule has 1 saturated heterocycles. The van der Waals surface area contributed by atoms with Gasteiger partial charge in [-0.25, -0.2) is 13.4 Å². The van der Waals surface area contributed by atoms with E-state index < -0.39 is 10.0 Å². The normalized spacial score (nSPS) is 15.6. The number of allylic oxidation sites excluding steroid dienone is 1. The molecule has 3 aromatic rings. The smallest absolute Gasteiger partial charge is 0.243 e. The van der Waals surface area contributed by atoms with Crippen LogP contribution in [0, 0.1) is 0 Å². The molecule has 8 heteroatoms. The summed E-state index contributed by atoms with van der Waals surface area (Å²) in [6, 6.07) is 15.2. The number of imidazole rings is 1. The van der Waals surface area contributed by atoms with Crippen molar-refractivity contribution in [2.75, 3.05) is 26.3 Å². The standard InChI is InChI=1S/C21H23N3O3S2/c1-2-10-24-20-9-4-3-8-19(20)22-21(24)28-16-17-6-5-7-18(15-17)29(25,26)23-11-13-27-14-12-23/h2-9,15H,1,10-14,16H2. The zero-order valence-corrected chi connectivity index (χ0v) is 17.7. The Bertz CT molecular complexity index is 1120. The minimum atomic E-state index is -3.49. The van der Waals surface area contributed by atoms with Crippen LogP contribution < -0.4 is 0 Å². The van der Waals surface area contributed by atoms with E-state index in [0.29, 0.717) is 43.5 Å². The van der Waals surface area contributed by atoms with E-state index in [9.17, 15) is 8.42 Å². The maximum absolute atomic E-state index is 12.9. The molecule has 4 rings (SSSR count). The molecule has 0 amide bonds. The topological polar surface area (TPSA) is 64.4 Å². The van der Waals surface area contributed by atoms with Gasteiger partial charge in [-0.15, -0.1) is 6.58 Å². The van der Waals surface area contributed by atoms with Crippen molar-refractivity contribution < 1.29 is 13.2 Å². The summed E-state index contributed by atoms with van der Waals surface area (Å²) in [5.74, 6) is 0.632. The van der Waals surface area contributed by atoms with Crippen molar-refractivity contribution in [2.24, 2.45) is 0 Å². The molecule has 0 aliphatic carbocycles. The van der Waals surface area contributed by atoms with Gasteiger partial charge >= 0.3 is 0 Å². The van der Waals surface area contributed by atoms with Gasteiger partial charge in [0.2, 0.25) is 10.0 Å². The number of benzene rings is 2. The number of morpholine rings is 1. The Morgan fingerprint density at radius 2 is 1.93 bits per heavy atom. The highest BCUT2D eigenvalue weighted by atomic mass is 32.2. The molecule has 0 radical (unpaired) electrons. The van der Waals surface area contributed by atoms with Crippen LogP contribution in [-0.4, -0.2) is 48.6 Å². The molecule has 0 spiro atoms. The first kappa shape index (κ1) is 20.2. The summed E-state index contributed by atoms with van der Waals surface area (Å²) in [7, 11) is -3.49. The lowest BCUT2D eigenvalue weighted by Gasteiger charge is -2.26. The van der Waals surface area contributed by atoms with E-state index in [2.05, 4.69) is 11.1 Å². The van der Waals surface area contributed by atoms with Crippen molar-refractivity contribution in [3.05, 3.63) is 66.7 Å². The first-order chi connectivity index (χ1) is 14.1. The second kappa shape index (κ2) is 8.71. The third-order valence-corrected chi connectivity index (χ3v) is 7.75. The highest BCUT2D eigenvalue weighted by molar-refractivity contribution is 7.98. The molecular formula is C21H23N3O3S2. The minimum absolute atomic E-state index is 0.331. The number of hydrogen-bond donors (Lipinski definition) is 0. The van der Waals surface area contributed by atoms with Gasteiger partial charge in [0.05, 0.1) is 29.1 Å². The van der Waals surface area contributed by atoms with Crippen LogP contribution in [0.4, 0.5) is 0 Å². The van der Waals surface area contributed by atoms with Crippen molar-refractivity contribution in [1.82, 2.24) is 13.9 Å². The third kappa shape index (κ3) is 4.25. The Labute approximate surface area is 175 Å². The first-order valence-corrected chi connectivity index (χ1v) is 11.9. The fourth-order valence-corrected chi connectivity index (χ4v) is 5.79. The fourth-order valence-electron chi connectivity index (χ4n) is 3.35. The number of sulfonamides is 1. The van der Waals surface area contributed by atoms with Gasteiger partial charge in [-0.1, -0.05) is 42.1 Å². The van der Waals surface area contributed by atoms with Gasteiger partial charge < -0.3 is 9.30 Å². The fraction of sp³-hybridized carbons (Fsp3) is 0.286. The van der Waals surface area contributed by atoms with Crippen LogP contribution in [-0.2, 0) is 27.1 Å². The number of para-hydroxylation sites is 2. The summed E-state index contributed by atoms with van der Waals surface area (Å²) in [6.45, 7) is 6.19. The van der Waals surface area contributed by atoms with E-state index in [1.807, 2.05) is 36.4 Å². The Kier molecular flexibility index (Phi) is 6.05. The van der Waals surface area contributed by atoms with Crippen LogP contribution in [0.3, 0.4) is 0 Å². The molecule has 0 saturated carbocycles. The van der Waals surface area contributed by atoms with Gasteiger partial charge in [0.1, 0.15) is 0 Å². The van der Waals surface area contributed by atoms with Crippen molar-refractivity contribution in [3.63, 3.8) is 0 Å². The molecule has 6 nitrogen and oxygen atoms in total. The van der Waals surface area contributed by atoms with E-state index in [4.69, 9.17) is 9.72 Å². The molecule has 0 N–H and O–H groups in total. The third-order valence-electron chi connectivity index (χ3n) is 4.81. The Morgan fingerprint density at radius 3 is 2.72 bits per heavy atom. The van der Waals surface area contributed by atoms with Crippen molar-refractivity contribution >= 4 is 32.8 Å². The van der Waals surface area contributed by atoms with Crippen LogP contribution in [0.25, 0.3) is 11.0 Å². The maximum atomic E-state index is 12.9. The van der Waals surface area contributed by atoms with E-state index >= 15 is 0 Å². The van der Waals surface area contributed by atoms with Gasteiger partial charge in [0.15, 0.2) is 5.16 Å². The van der Waals surface area contributed by atoms with Crippen LogP contribution in [0.2, 0.25) is 0 Å². The van der Waals surface area contributed by atoms with Gasteiger partial charge in [0.25, 0.3) is 0 Å². The van der Waals surface area contributed by atoms with Gasteiger partial charge in [-0.3, -0.25) is 0 Å². The zero-order chi connectivity index (χ0) is 20.3. The maximum Gasteiger partial charge on any atom is 0.243 e. The lowest BCUT2D eigenvalue weighted by Crippen LogP contribution is -2.40. The molecule has 2 heterocycles. The average Bonchev–Trinajstić information content (AvgIpc) is 3.11. The minimum Gasteiger partial charge on any atom is -0.379 e. The number of aromatic nitrogens is 2. The quantitative estimate of drug-likeness (QED) is 0.425. The summed E-state index contributed by atoms with van der Waals surface area (Å²) in [4.78, 5) is 5.06. The molecule has 29 heavy (non-hydrogen) atoms. The number of nitrogens with zero attached hydrogens (tertiary/aromatic N) is 3. The van der Waals surface area contributed by atoms with Crippen LogP contribution in [0.5, 0.6) is 0 Å². The van der Waals surface area contributed by atoms with Crippen molar-refractivity contribution in [1.29, 1.82) is 0 Å². The van der Waals surface area contributed by atoms with Crippen LogP contribution in [0.15, 0.2) is 71.2 Å². The number of fused-ring (bicyclic) bond motifs is 1. The van der Waals surface area contributed by atoms with E-state index in [-0.39, 0.29) is 0 Å². The molecule has 0 atom stereocenters. The SMILES string of the molecule is C=CCn1c(SCc2cccc(S(=O)(=O)N3CCOCC3)c2)nc2ccccc21. The Morgan fingerprint density at radius 1 is 1.14 bits per heavy atom. The average molecular weight is 430 g/mol. The summed E-state index contributed by atoms with van der Waals surface area (Å²) in [5.41, 5.74) is 2.96. The zero-order valence-electron chi connectivity index (χ0n) is 16.0. The molecule has 152 valence electrons. The summed E-state index contributed by atoms with van der Waals surface area (Å²) in [6.07, 6.45) is 1.85. The molecular weight excluding hydrogens is 406 g/mol. The van der Waals surface area contributed by atoms with E-state index in [0.717, 1.165) is 21.8 Å². The summed E-state index contributed by atoms with van der Waals surface area (Å²) >= 11 is 1.60. The predicted octanol–water partition coefficient (Wildman–Crippen LogP) is 3.54. The van der Waals surface area contributed by atoms with E-state index in [1.165, 1.54) is 4.31 Å². The van der Waals surface area contributed by atoms with Gasteiger partial charge in [-0.2, -0.15) is 4.31 Å². The molecule has 1 fully saturated rings. The number of hydrogen-bond acceptors (Lipinski definition) is 5. The number of ether oxygens (including phenoxy) is 1. The lowest BCUT2D eigenvalue weighted by atomic mass is 10.2. The molecule has 1 aromatic heterocycles. The highest BCUT2D eigenvalue weighted by Crippen LogP contribution is 2.28. The van der Waals surface area contributed by atoms with Crippen molar-refractivity contribution in [2.45, 2.75) is 22.3 Å². The lowest BCUT2D eigenvalue weighted by molar-refractivity contribution is 0.0730. The summed E-state index contributed by atoms with van der Waals surface area (Å²) < 4.78 is 34.7. The molecule has 1 aliphatic rings. The second-order valence-electron chi connectivity index (χ2n) is 6.73. The monoisotopic (exact) mass is 429 g/mol. The first-order valence-electron chi connectivity index (χ1n) is 9.45. The Balaban J connectivity index is 1.55. The molecule has 1 aliphatic heterocycles. The number of thioether (sulfide) groups is 1. The summed E-state index contributed by atoms with van der Waals surface area (Å²) in [5, 5.41) is 0.896. The number of rotatable bonds is 7. The van der Waals surface area contributed by atoms with Crippen LogP contribution >= 0.6 is 11.8 Å². The van der Waals surface area contributed by atoms with Gasteiger partial charge in [-0.05, 0) is 29.8 Å². The highest BCUT2D eigenvalue weighted by Gasteiger charge is 2.26. The second-order valence-corrected chi connectivity index (χ2v) is 9.62. The van der Waals surface area contributed by atoms with E-state index in [1.54, 1.807) is 30.0 Å². The van der Waals surface area contributed by atoms with Crippen LogP contribution in [0.1, 0.15) is 5.56 Å². The van der Waals surface area contributed by atoms with Crippen molar-refractivity contribution in [3.8, 4) is 0 Å². The molecule has 0 bridgehead atoms. The largest absolute Gasteiger partial charge is 0.379 e. The Hall–Kier alpha value is -2.13. The predicted molar refractivity (Wildman–Crippen MR) is 116 cm³/mol. The van der Waals surface area contributed by atoms with Gasteiger partial charge in [0, 0.05) is 25.4 Å². The molecule has 2 aromatic carbocycles.